The number of amides is 1. The predicted molar refractivity (Wildman–Crippen MR) is 87.3 cm³/mol. The molecule has 7 nitrogen and oxygen atoms in total. The minimum atomic E-state index is -0.314. The molecule has 1 aliphatic rings. The van der Waals surface area contributed by atoms with Crippen molar-refractivity contribution in [3.05, 3.63) is 11.1 Å². The topological polar surface area (TPSA) is 96.1 Å². The van der Waals surface area contributed by atoms with Crippen LogP contribution in [0.15, 0.2) is 6.20 Å². The molecule has 1 unspecified atom stereocenters. The summed E-state index contributed by atoms with van der Waals surface area (Å²) in [6.45, 7) is 4.88. The fourth-order valence-corrected chi connectivity index (χ4v) is 3.09. The average Bonchev–Trinajstić information content (AvgIpc) is 3.21. The summed E-state index contributed by atoms with van der Waals surface area (Å²) in [5, 5.41) is 20.4. The van der Waals surface area contributed by atoms with Crippen LogP contribution in [0.4, 0.5) is 5.13 Å². The van der Waals surface area contributed by atoms with E-state index in [2.05, 4.69) is 16.5 Å². The highest BCUT2D eigenvalue weighted by Crippen LogP contribution is 2.20. The third kappa shape index (κ3) is 4.19. The maximum atomic E-state index is 12.5. The molecule has 1 saturated heterocycles. The summed E-state index contributed by atoms with van der Waals surface area (Å²) < 4.78 is 0. The fraction of sp³-hybridized carbons (Fsp3) is 0.600. The van der Waals surface area contributed by atoms with Crippen LogP contribution in [-0.4, -0.2) is 46.0 Å². The van der Waals surface area contributed by atoms with Gasteiger partial charge in [0.2, 0.25) is 5.91 Å². The normalized spacial score (nSPS) is 18.5. The van der Waals surface area contributed by atoms with E-state index in [1.165, 1.54) is 17.5 Å². The minimum absolute atomic E-state index is 0.0566. The fourth-order valence-electron chi connectivity index (χ4n) is 2.46. The van der Waals surface area contributed by atoms with E-state index in [1.54, 1.807) is 4.90 Å². The molecule has 0 saturated carbocycles. The zero-order valence-corrected chi connectivity index (χ0v) is 14.1. The first kappa shape index (κ1) is 17.2. The third-order valence-electron chi connectivity index (χ3n) is 4.01. The standard InChI is InChI=1S/C15H20N6OS/c1-3-11(2)21(19-15-18-9-13(8-17)23-15)10-14(22)20-6-4-5-12(20)7-16/h9,11-12H,3-6,10H2,1-2H3,(H,18,19)/t11-,12?/m0/s1. The monoisotopic (exact) mass is 332 g/mol. The van der Waals surface area contributed by atoms with E-state index < -0.39 is 0 Å². The first-order chi connectivity index (χ1) is 11.1. The molecule has 0 spiro atoms. The first-order valence-corrected chi connectivity index (χ1v) is 8.49. The summed E-state index contributed by atoms with van der Waals surface area (Å²) in [7, 11) is 0. The summed E-state index contributed by atoms with van der Waals surface area (Å²) in [6, 6.07) is 4.05. The molecule has 2 rings (SSSR count). The number of nitrogens with one attached hydrogen (secondary N) is 1. The Hall–Kier alpha value is -2.16. The molecule has 8 heteroatoms. The van der Waals surface area contributed by atoms with Gasteiger partial charge in [-0.15, -0.1) is 0 Å². The molecule has 2 heterocycles. The number of aromatic nitrogens is 1. The molecule has 1 aromatic heterocycles. The molecule has 1 amide bonds. The number of hydrogen-bond donors (Lipinski definition) is 1. The van der Waals surface area contributed by atoms with Gasteiger partial charge < -0.3 is 4.90 Å². The Labute approximate surface area is 140 Å². The lowest BCUT2D eigenvalue weighted by Gasteiger charge is -2.30. The van der Waals surface area contributed by atoms with Crippen LogP contribution in [0.25, 0.3) is 0 Å². The van der Waals surface area contributed by atoms with E-state index in [9.17, 15) is 4.79 Å². The van der Waals surface area contributed by atoms with Crippen molar-refractivity contribution in [3.8, 4) is 12.1 Å². The second-order valence-electron chi connectivity index (χ2n) is 5.51. The molecule has 1 fully saturated rings. The average molecular weight is 332 g/mol. The first-order valence-electron chi connectivity index (χ1n) is 7.67. The number of hydrazine groups is 1. The van der Waals surface area contributed by atoms with Crippen molar-refractivity contribution < 1.29 is 4.79 Å². The molecule has 23 heavy (non-hydrogen) atoms. The van der Waals surface area contributed by atoms with Crippen LogP contribution in [0.1, 0.15) is 38.0 Å². The number of carbonyl (C=O) groups is 1. The Bertz CT molecular complexity index is 631. The summed E-state index contributed by atoms with van der Waals surface area (Å²) in [5.74, 6) is -0.0566. The van der Waals surface area contributed by atoms with E-state index in [-0.39, 0.29) is 24.5 Å². The summed E-state index contributed by atoms with van der Waals surface area (Å²) in [4.78, 5) is 18.8. The van der Waals surface area contributed by atoms with Gasteiger partial charge in [-0.3, -0.25) is 10.2 Å². The number of nitriles is 2. The largest absolute Gasteiger partial charge is 0.325 e. The van der Waals surface area contributed by atoms with Gasteiger partial charge in [-0.05, 0) is 26.2 Å². The van der Waals surface area contributed by atoms with Gasteiger partial charge in [0, 0.05) is 12.6 Å². The smallest absolute Gasteiger partial charge is 0.239 e. The van der Waals surface area contributed by atoms with E-state index in [0.29, 0.717) is 16.6 Å². The molecule has 1 aliphatic heterocycles. The molecule has 0 bridgehead atoms. The van der Waals surface area contributed by atoms with Gasteiger partial charge in [-0.1, -0.05) is 18.3 Å². The molecular weight excluding hydrogens is 312 g/mol. The molecule has 122 valence electrons. The number of nitrogens with zero attached hydrogens (tertiary/aromatic N) is 5. The van der Waals surface area contributed by atoms with Crippen LogP contribution in [0, 0.1) is 22.7 Å². The number of hydrogen-bond acceptors (Lipinski definition) is 7. The van der Waals surface area contributed by atoms with Gasteiger partial charge in [0.05, 0.1) is 18.8 Å². The lowest BCUT2D eigenvalue weighted by Crippen LogP contribution is -2.47. The lowest BCUT2D eigenvalue weighted by atomic mass is 10.2. The van der Waals surface area contributed by atoms with E-state index >= 15 is 0 Å². The number of anilines is 1. The highest BCUT2D eigenvalue weighted by Gasteiger charge is 2.30. The van der Waals surface area contributed by atoms with Crippen LogP contribution >= 0.6 is 11.3 Å². The summed E-state index contributed by atoms with van der Waals surface area (Å²) >= 11 is 1.25. The number of carbonyl (C=O) groups excluding carboxylic acids is 1. The Balaban J connectivity index is 2.05. The number of thiazole rings is 1. The zero-order chi connectivity index (χ0) is 16.8. The summed E-state index contributed by atoms with van der Waals surface area (Å²) in [6.07, 6.45) is 3.99. The maximum Gasteiger partial charge on any atom is 0.239 e. The Kier molecular flexibility index (Phi) is 5.91. The van der Waals surface area contributed by atoms with E-state index in [4.69, 9.17) is 10.5 Å². The number of likely N-dealkylation sites (tertiary alicyclic amines) is 1. The van der Waals surface area contributed by atoms with Crippen LogP contribution in [0.2, 0.25) is 0 Å². The van der Waals surface area contributed by atoms with E-state index in [1.807, 2.05) is 24.9 Å². The van der Waals surface area contributed by atoms with Crippen molar-refractivity contribution in [2.24, 2.45) is 0 Å². The van der Waals surface area contributed by atoms with Gasteiger partial charge in [0.1, 0.15) is 17.0 Å². The molecular formula is C15H20N6OS. The van der Waals surface area contributed by atoms with Crippen molar-refractivity contribution in [3.63, 3.8) is 0 Å². The lowest BCUT2D eigenvalue weighted by molar-refractivity contribution is -0.132. The quantitative estimate of drug-likeness (QED) is 0.800. The molecule has 1 N–H and O–H groups in total. The minimum Gasteiger partial charge on any atom is -0.325 e. The van der Waals surface area contributed by atoms with Gasteiger partial charge in [0.25, 0.3) is 0 Å². The van der Waals surface area contributed by atoms with Crippen molar-refractivity contribution in [2.75, 3.05) is 18.5 Å². The van der Waals surface area contributed by atoms with Crippen molar-refractivity contribution in [1.29, 1.82) is 10.5 Å². The van der Waals surface area contributed by atoms with E-state index in [0.717, 1.165) is 19.3 Å². The highest BCUT2D eigenvalue weighted by molar-refractivity contribution is 7.16. The second-order valence-corrected chi connectivity index (χ2v) is 6.54. The highest BCUT2D eigenvalue weighted by atomic mass is 32.1. The predicted octanol–water partition coefficient (Wildman–Crippen LogP) is 1.96. The molecule has 0 radical (unpaired) electrons. The van der Waals surface area contributed by atoms with Crippen LogP contribution < -0.4 is 5.43 Å². The van der Waals surface area contributed by atoms with Gasteiger partial charge in [-0.25, -0.2) is 9.99 Å². The third-order valence-corrected chi connectivity index (χ3v) is 4.81. The Morgan fingerprint density at radius 2 is 2.43 bits per heavy atom. The summed E-state index contributed by atoms with van der Waals surface area (Å²) in [5.41, 5.74) is 3.13. The molecule has 2 atom stereocenters. The Morgan fingerprint density at radius 1 is 1.65 bits per heavy atom. The maximum absolute atomic E-state index is 12.5. The number of rotatable bonds is 6. The van der Waals surface area contributed by atoms with Crippen molar-refractivity contribution >= 4 is 22.4 Å². The van der Waals surface area contributed by atoms with Crippen LogP contribution in [0.3, 0.4) is 0 Å². The van der Waals surface area contributed by atoms with Crippen molar-refractivity contribution in [1.82, 2.24) is 14.9 Å². The Morgan fingerprint density at radius 3 is 3.04 bits per heavy atom. The molecule has 0 aromatic carbocycles. The van der Waals surface area contributed by atoms with Gasteiger partial charge in [-0.2, -0.15) is 10.5 Å². The molecule has 0 aliphatic carbocycles. The zero-order valence-electron chi connectivity index (χ0n) is 13.3. The van der Waals surface area contributed by atoms with Gasteiger partial charge in [0.15, 0.2) is 5.13 Å². The second kappa shape index (κ2) is 7.91. The molecule has 1 aromatic rings. The van der Waals surface area contributed by atoms with Gasteiger partial charge >= 0.3 is 0 Å². The van der Waals surface area contributed by atoms with Crippen LogP contribution in [-0.2, 0) is 4.79 Å². The van der Waals surface area contributed by atoms with Crippen molar-refractivity contribution in [2.45, 2.75) is 45.2 Å². The van der Waals surface area contributed by atoms with Crippen LogP contribution in [0.5, 0.6) is 0 Å². The SMILES string of the molecule is CC[C@H](C)N(CC(=O)N1CCCC1C#N)Nc1ncc(C#N)s1.